The van der Waals surface area contributed by atoms with Crippen LogP contribution >= 0.6 is 0 Å². The van der Waals surface area contributed by atoms with Crippen LogP contribution in [0.4, 0.5) is 34.1 Å². The van der Waals surface area contributed by atoms with E-state index in [2.05, 4.69) is 435 Å². The molecule has 0 fully saturated rings. The highest BCUT2D eigenvalue weighted by atomic mass is 28.3. The third kappa shape index (κ3) is 11.4. The Hall–Kier alpha value is -12.0. The standard InChI is InChI=1S/C102H86BN3Si/c1-100(2,3)75-54-61-91-87(64-75)88-65-76(101(4,5)6)55-62-92(88)104(91)78-56-59-89-94(68-78)106(99-85(72-37-21-12-22-38-72)49-32-50-86(99)73-39-23-13-24-40-73)96-67-77(102(7,8)9)66-95-97(96)103(89)90-63-74(53-60-93(90)105(95)98-83(70-33-17-10-18-34-70)47-31-48-84(98)71-35-19-11-20-36-71)69-51-57-82(58-52-69)107(79-41-25-14-26-42-79,80-43-27-15-28-44-80)81-45-29-16-30-46-81/h10-68H,1-9H3. The third-order valence-electron chi connectivity index (χ3n) is 22.8. The van der Waals surface area contributed by atoms with Gasteiger partial charge in [-0.15, -0.1) is 0 Å². The number of nitrogens with zero attached hydrogens (tertiary/aromatic N) is 3. The van der Waals surface area contributed by atoms with E-state index in [-0.39, 0.29) is 23.0 Å². The molecular weight excluding hydrogens is 1310 g/mol. The second kappa shape index (κ2) is 26.2. The average molecular weight is 1390 g/mol. The van der Waals surface area contributed by atoms with Gasteiger partial charge in [-0.25, -0.2) is 0 Å². The van der Waals surface area contributed by atoms with Crippen LogP contribution in [0.2, 0.25) is 0 Å². The Morgan fingerprint density at radius 1 is 0.252 bits per heavy atom. The van der Waals surface area contributed by atoms with Gasteiger partial charge in [0.05, 0.1) is 22.4 Å². The first-order valence-electron chi connectivity index (χ1n) is 37.9. The van der Waals surface area contributed by atoms with E-state index in [1.54, 1.807) is 0 Å². The van der Waals surface area contributed by atoms with Crippen molar-refractivity contribution in [3.63, 3.8) is 0 Å². The van der Waals surface area contributed by atoms with E-state index in [4.69, 9.17) is 0 Å². The molecule has 0 saturated heterocycles. The van der Waals surface area contributed by atoms with E-state index < -0.39 is 8.07 Å². The van der Waals surface area contributed by atoms with Crippen LogP contribution in [0, 0.1) is 0 Å². The summed E-state index contributed by atoms with van der Waals surface area (Å²) in [4.78, 5) is 5.40. The zero-order chi connectivity index (χ0) is 72.9. The summed E-state index contributed by atoms with van der Waals surface area (Å²) in [6.07, 6.45) is 0. The second-order valence-corrected chi connectivity index (χ2v) is 36.2. The van der Waals surface area contributed by atoms with E-state index >= 15 is 0 Å². The van der Waals surface area contributed by atoms with Gasteiger partial charge in [-0.1, -0.05) is 366 Å². The lowest BCUT2D eigenvalue weighted by atomic mass is 9.33. The second-order valence-electron chi connectivity index (χ2n) is 32.4. The summed E-state index contributed by atoms with van der Waals surface area (Å²) < 4.78 is 2.56. The molecule has 0 bridgehead atoms. The van der Waals surface area contributed by atoms with Crippen LogP contribution in [0.1, 0.15) is 79.0 Å². The highest BCUT2D eigenvalue weighted by Crippen LogP contribution is 2.54. The van der Waals surface area contributed by atoms with Crippen molar-refractivity contribution in [2.24, 2.45) is 0 Å². The molecule has 0 atom stereocenters. The summed E-state index contributed by atoms with van der Waals surface area (Å²) in [7, 11) is -2.85. The van der Waals surface area contributed by atoms with Crippen molar-refractivity contribution in [1.29, 1.82) is 0 Å². The molecule has 1 aromatic heterocycles. The molecule has 107 heavy (non-hydrogen) atoms. The Bertz CT molecular complexity index is 5750. The van der Waals surface area contributed by atoms with Crippen molar-refractivity contribution in [3.8, 4) is 61.3 Å². The number of anilines is 6. The third-order valence-corrected chi connectivity index (χ3v) is 27.6. The lowest BCUT2D eigenvalue weighted by Crippen LogP contribution is -2.74. The summed E-state index contributed by atoms with van der Waals surface area (Å²) in [5.41, 5.74) is 29.1. The Kier molecular flexibility index (Phi) is 16.4. The number of benzene rings is 15. The molecule has 15 aromatic carbocycles. The molecule has 0 N–H and O–H groups in total. The minimum atomic E-state index is -2.85. The molecule has 516 valence electrons. The molecule has 0 radical (unpaired) electrons. The van der Waals surface area contributed by atoms with Crippen LogP contribution in [-0.2, 0) is 16.2 Å². The zero-order valence-electron chi connectivity index (χ0n) is 62.5. The quantitative estimate of drug-likeness (QED) is 0.0892. The molecule has 18 rings (SSSR count). The van der Waals surface area contributed by atoms with Crippen LogP contribution in [0.5, 0.6) is 0 Å². The average Bonchev–Trinajstić information content (AvgIpc) is 1.02. The fourth-order valence-electron chi connectivity index (χ4n) is 17.4. The van der Waals surface area contributed by atoms with E-state index in [0.29, 0.717) is 0 Å². The first kappa shape index (κ1) is 66.9. The zero-order valence-corrected chi connectivity index (χ0v) is 63.5. The maximum Gasteiger partial charge on any atom is 0.252 e. The first-order chi connectivity index (χ1) is 52.0. The summed E-state index contributed by atoms with van der Waals surface area (Å²) >= 11 is 0. The molecule has 5 heteroatoms. The summed E-state index contributed by atoms with van der Waals surface area (Å²) in [6.45, 7) is 20.9. The van der Waals surface area contributed by atoms with Crippen molar-refractivity contribution in [1.82, 2.24) is 4.57 Å². The molecule has 3 nitrogen and oxygen atoms in total. The van der Waals surface area contributed by atoms with E-state index in [1.165, 1.54) is 75.6 Å². The molecule has 2 aliphatic rings. The first-order valence-corrected chi connectivity index (χ1v) is 39.9. The van der Waals surface area contributed by atoms with E-state index in [0.717, 1.165) is 95.4 Å². The van der Waals surface area contributed by atoms with Crippen molar-refractivity contribution in [2.45, 2.75) is 78.6 Å². The molecule has 16 aromatic rings. The number of hydrogen-bond donors (Lipinski definition) is 0. The fraction of sp³-hybridized carbons (Fsp3) is 0.118. The summed E-state index contributed by atoms with van der Waals surface area (Å²) in [6, 6.07) is 136. The predicted octanol–water partition coefficient (Wildman–Crippen LogP) is 22.5. The Morgan fingerprint density at radius 2 is 0.617 bits per heavy atom. The van der Waals surface area contributed by atoms with Crippen LogP contribution in [-0.4, -0.2) is 19.4 Å². The number of rotatable bonds is 12. The number of fused-ring (bicyclic) bond motifs is 7. The van der Waals surface area contributed by atoms with Crippen molar-refractivity contribution < 1.29 is 0 Å². The molecule has 2 aliphatic heterocycles. The van der Waals surface area contributed by atoms with Gasteiger partial charge in [0.25, 0.3) is 6.71 Å². The molecule has 0 spiro atoms. The van der Waals surface area contributed by atoms with Gasteiger partial charge in [-0.05, 0) is 158 Å². The van der Waals surface area contributed by atoms with Gasteiger partial charge >= 0.3 is 0 Å². The van der Waals surface area contributed by atoms with Crippen LogP contribution in [0.15, 0.2) is 358 Å². The lowest BCUT2D eigenvalue weighted by molar-refractivity contribution is 0.590. The van der Waals surface area contributed by atoms with Gasteiger partial charge in [-0.2, -0.15) is 0 Å². The SMILES string of the molecule is CC(C)(C)c1cc2c3c(c1)N(c1c(-c4ccccc4)cccc1-c1ccccc1)c1cc(-n4c5ccc(C(C)(C)C)cc5c5cc(C(C)(C)C)ccc54)ccc1B3c1cc(-c3ccc([Si](c4ccccc4)(c4ccccc4)c4ccccc4)cc3)ccc1N2c1c(-c2ccccc2)cccc1-c1ccccc1. The summed E-state index contributed by atoms with van der Waals surface area (Å²) in [5, 5.41) is 7.92. The van der Waals surface area contributed by atoms with Gasteiger partial charge in [0.2, 0.25) is 0 Å². The maximum atomic E-state index is 2.71. The van der Waals surface area contributed by atoms with E-state index in [1.807, 2.05) is 0 Å². The van der Waals surface area contributed by atoms with Crippen LogP contribution in [0.25, 0.3) is 83.1 Å². The smallest absolute Gasteiger partial charge is 0.252 e. The number of para-hydroxylation sites is 2. The van der Waals surface area contributed by atoms with Crippen molar-refractivity contribution in [2.75, 3.05) is 9.80 Å². The maximum absolute atomic E-state index is 2.85. The highest BCUT2D eigenvalue weighted by Gasteiger charge is 2.47. The van der Waals surface area contributed by atoms with Crippen LogP contribution in [0.3, 0.4) is 0 Å². The Labute approximate surface area is 632 Å². The van der Waals surface area contributed by atoms with Gasteiger partial charge < -0.3 is 14.4 Å². The number of hydrogen-bond acceptors (Lipinski definition) is 2. The largest absolute Gasteiger partial charge is 0.310 e. The Morgan fingerprint density at radius 3 is 1.01 bits per heavy atom. The van der Waals surface area contributed by atoms with Gasteiger partial charge in [0.15, 0.2) is 8.07 Å². The molecule has 3 heterocycles. The molecule has 0 aliphatic carbocycles. The topological polar surface area (TPSA) is 11.4 Å². The number of aromatic nitrogens is 1. The highest BCUT2D eigenvalue weighted by molar-refractivity contribution is 7.20. The van der Waals surface area contributed by atoms with Gasteiger partial charge in [0, 0.05) is 61.5 Å². The van der Waals surface area contributed by atoms with Crippen LogP contribution < -0.4 is 46.9 Å². The van der Waals surface area contributed by atoms with Crippen molar-refractivity contribution >= 4 is 108 Å². The lowest BCUT2D eigenvalue weighted by Gasteiger charge is -2.46. The Balaban J connectivity index is 0.965. The van der Waals surface area contributed by atoms with E-state index in [9.17, 15) is 0 Å². The minimum absolute atomic E-state index is 0.0557. The van der Waals surface area contributed by atoms with Crippen molar-refractivity contribution in [3.05, 3.63) is 375 Å². The fourth-order valence-corrected chi connectivity index (χ4v) is 22.1. The summed E-state index contributed by atoms with van der Waals surface area (Å²) in [5.74, 6) is 0. The van der Waals surface area contributed by atoms with Gasteiger partial charge in [0.1, 0.15) is 0 Å². The molecule has 0 amide bonds. The van der Waals surface area contributed by atoms with Gasteiger partial charge in [-0.3, -0.25) is 0 Å². The minimum Gasteiger partial charge on any atom is -0.310 e. The predicted molar refractivity (Wildman–Crippen MR) is 462 cm³/mol. The molecule has 0 saturated carbocycles. The normalized spacial score (nSPS) is 12.9. The monoisotopic (exact) mass is 1390 g/mol. The molecule has 0 unspecified atom stereocenters. The molecular formula is C102H86BN3Si.